The van der Waals surface area contributed by atoms with Crippen LogP contribution in [0.3, 0.4) is 0 Å². The molecule has 16 heavy (non-hydrogen) atoms. The first-order valence-electron chi connectivity index (χ1n) is 4.92. The van der Waals surface area contributed by atoms with E-state index in [-0.39, 0.29) is 12.8 Å². The lowest BCUT2D eigenvalue weighted by molar-refractivity contribution is -0.137. The molecule has 0 amide bonds. The van der Waals surface area contributed by atoms with Gasteiger partial charge in [-0.15, -0.1) is 0 Å². The number of rotatable bonds is 4. The Balaban J connectivity index is 3.06. The molecular formula is C12H14O4. The molecule has 0 fully saturated rings. The van der Waals surface area contributed by atoms with Crippen LogP contribution in [0.4, 0.5) is 0 Å². The van der Waals surface area contributed by atoms with E-state index in [0.717, 1.165) is 16.7 Å². The molecule has 1 aromatic rings. The molecule has 2 N–H and O–H groups in total. The minimum atomic E-state index is -0.884. The van der Waals surface area contributed by atoms with Gasteiger partial charge in [-0.05, 0) is 36.1 Å². The Bertz CT molecular complexity index is 412. The first-order chi connectivity index (χ1) is 7.40. The number of benzene rings is 1. The van der Waals surface area contributed by atoms with Gasteiger partial charge in [-0.3, -0.25) is 9.59 Å². The van der Waals surface area contributed by atoms with E-state index < -0.39 is 11.9 Å². The van der Waals surface area contributed by atoms with Crippen molar-refractivity contribution in [1.29, 1.82) is 0 Å². The van der Waals surface area contributed by atoms with Crippen LogP contribution in [-0.2, 0) is 22.4 Å². The molecule has 0 spiro atoms. The molecule has 0 aliphatic heterocycles. The Labute approximate surface area is 93.5 Å². The fourth-order valence-corrected chi connectivity index (χ4v) is 1.79. The lowest BCUT2D eigenvalue weighted by Crippen LogP contribution is -2.07. The summed E-state index contributed by atoms with van der Waals surface area (Å²) in [6.07, 6.45) is -0.0555. The highest BCUT2D eigenvalue weighted by Crippen LogP contribution is 2.17. The molecule has 0 aliphatic rings. The topological polar surface area (TPSA) is 74.6 Å². The number of aryl methyl sites for hydroxylation is 2. The second-order valence-corrected chi connectivity index (χ2v) is 3.85. The van der Waals surface area contributed by atoms with Crippen molar-refractivity contribution < 1.29 is 19.8 Å². The van der Waals surface area contributed by atoms with Crippen molar-refractivity contribution >= 4 is 11.9 Å². The zero-order chi connectivity index (χ0) is 12.3. The highest BCUT2D eigenvalue weighted by atomic mass is 16.4. The van der Waals surface area contributed by atoms with Gasteiger partial charge in [0.05, 0.1) is 12.8 Å². The lowest BCUT2D eigenvalue weighted by Gasteiger charge is -2.10. The summed E-state index contributed by atoms with van der Waals surface area (Å²) < 4.78 is 0. The van der Waals surface area contributed by atoms with E-state index >= 15 is 0 Å². The monoisotopic (exact) mass is 222 g/mol. The van der Waals surface area contributed by atoms with Crippen LogP contribution in [0.2, 0.25) is 0 Å². The molecule has 4 heteroatoms. The van der Waals surface area contributed by atoms with E-state index in [1.165, 1.54) is 0 Å². The summed E-state index contributed by atoms with van der Waals surface area (Å²) in [5.74, 6) is -1.76. The number of carbonyl (C=O) groups is 2. The van der Waals surface area contributed by atoms with Crippen LogP contribution in [0.1, 0.15) is 22.3 Å². The quantitative estimate of drug-likeness (QED) is 0.810. The van der Waals surface area contributed by atoms with E-state index in [1.54, 1.807) is 26.0 Å². The Morgan fingerprint density at radius 2 is 1.44 bits per heavy atom. The third-order valence-corrected chi connectivity index (χ3v) is 2.44. The summed E-state index contributed by atoms with van der Waals surface area (Å²) in [4.78, 5) is 21.2. The van der Waals surface area contributed by atoms with Gasteiger partial charge in [-0.25, -0.2) is 0 Å². The highest BCUT2D eigenvalue weighted by molar-refractivity contribution is 5.73. The second kappa shape index (κ2) is 4.79. The molecule has 4 nitrogen and oxygen atoms in total. The first-order valence-corrected chi connectivity index (χ1v) is 4.92. The zero-order valence-corrected chi connectivity index (χ0v) is 9.28. The number of aliphatic carboxylic acids is 2. The molecule has 0 aromatic heterocycles. The van der Waals surface area contributed by atoms with E-state index in [0.29, 0.717) is 5.56 Å². The largest absolute Gasteiger partial charge is 0.481 e. The molecule has 0 atom stereocenters. The molecule has 1 rings (SSSR count). The fourth-order valence-electron chi connectivity index (χ4n) is 1.79. The summed E-state index contributed by atoms with van der Waals surface area (Å²) >= 11 is 0. The average Bonchev–Trinajstić information content (AvgIpc) is 2.10. The normalized spacial score (nSPS) is 10.1. The molecule has 0 heterocycles. The van der Waals surface area contributed by atoms with Crippen molar-refractivity contribution in [2.45, 2.75) is 26.7 Å². The minimum Gasteiger partial charge on any atom is -0.481 e. The van der Waals surface area contributed by atoms with Gasteiger partial charge < -0.3 is 10.2 Å². The molecule has 0 unspecified atom stereocenters. The summed E-state index contributed by atoms with van der Waals surface area (Å²) in [5.41, 5.74) is 3.13. The van der Waals surface area contributed by atoms with Gasteiger partial charge in [0, 0.05) is 0 Å². The van der Waals surface area contributed by atoms with E-state index in [2.05, 4.69) is 0 Å². The summed E-state index contributed by atoms with van der Waals surface area (Å²) in [7, 11) is 0. The number of hydrogen-bond donors (Lipinski definition) is 2. The third kappa shape index (κ3) is 3.08. The van der Waals surface area contributed by atoms with Gasteiger partial charge in [0.2, 0.25) is 0 Å². The molecule has 0 radical (unpaired) electrons. The molecule has 0 saturated heterocycles. The zero-order valence-electron chi connectivity index (χ0n) is 9.28. The Kier molecular flexibility index (Phi) is 3.66. The third-order valence-electron chi connectivity index (χ3n) is 2.44. The number of carboxylic acid groups (broad SMARTS) is 2. The van der Waals surface area contributed by atoms with E-state index in [1.807, 2.05) is 0 Å². The van der Waals surface area contributed by atoms with Crippen molar-refractivity contribution in [2.24, 2.45) is 0 Å². The second-order valence-electron chi connectivity index (χ2n) is 3.85. The minimum absolute atomic E-state index is 0.0228. The maximum absolute atomic E-state index is 10.6. The standard InChI is InChI=1S/C12H14O4/c1-7-3-9(5-11(13)14)4-8(2)10(7)6-12(15)16/h3-4H,5-6H2,1-2H3,(H,13,14)(H,15,16). The Morgan fingerprint density at radius 1 is 1.00 bits per heavy atom. The lowest BCUT2D eigenvalue weighted by atomic mass is 9.96. The van der Waals surface area contributed by atoms with Crippen LogP contribution in [-0.4, -0.2) is 22.2 Å². The van der Waals surface area contributed by atoms with Gasteiger partial charge in [-0.2, -0.15) is 0 Å². The fraction of sp³-hybridized carbons (Fsp3) is 0.333. The highest BCUT2D eigenvalue weighted by Gasteiger charge is 2.10. The van der Waals surface area contributed by atoms with Crippen molar-refractivity contribution in [3.8, 4) is 0 Å². The van der Waals surface area contributed by atoms with E-state index in [4.69, 9.17) is 10.2 Å². The van der Waals surface area contributed by atoms with Crippen molar-refractivity contribution in [1.82, 2.24) is 0 Å². The summed E-state index contributed by atoms with van der Waals surface area (Å²) in [5, 5.41) is 17.4. The van der Waals surface area contributed by atoms with Gasteiger partial charge >= 0.3 is 11.9 Å². The predicted octanol–water partition coefficient (Wildman–Crippen LogP) is 1.56. The summed E-state index contributed by atoms with van der Waals surface area (Å²) in [6, 6.07) is 3.47. The van der Waals surface area contributed by atoms with Gasteiger partial charge in [-0.1, -0.05) is 12.1 Å². The molecule has 86 valence electrons. The molecule has 1 aromatic carbocycles. The van der Waals surface area contributed by atoms with Crippen LogP contribution in [0.15, 0.2) is 12.1 Å². The number of carboxylic acids is 2. The molecule has 0 saturated carbocycles. The van der Waals surface area contributed by atoms with Gasteiger partial charge in [0.15, 0.2) is 0 Å². The molecular weight excluding hydrogens is 208 g/mol. The molecule has 0 aliphatic carbocycles. The van der Waals surface area contributed by atoms with Crippen molar-refractivity contribution in [3.05, 3.63) is 34.4 Å². The van der Waals surface area contributed by atoms with Crippen LogP contribution in [0.25, 0.3) is 0 Å². The number of hydrogen-bond acceptors (Lipinski definition) is 2. The van der Waals surface area contributed by atoms with Crippen LogP contribution in [0.5, 0.6) is 0 Å². The van der Waals surface area contributed by atoms with E-state index in [9.17, 15) is 9.59 Å². The Hall–Kier alpha value is -1.84. The van der Waals surface area contributed by atoms with Crippen LogP contribution < -0.4 is 0 Å². The smallest absolute Gasteiger partial charge is 0.307 e. The Morgan fingerprint density at radius 3 is 1.81 bits per heavy atom. The van der Waals surface area contributed by atoms with Gasteiger partial charge in [0.25, 0.3) is 0 Å². The summed E-state index contributed by atoms with van der Waals surface area (Å²) in [6.45, 7) is 3.60. The van der Waals surface area contributed by atoms with Crippen molar-refractivity contribution in [3.63, 3.8) is 0 Å². The first kappa shape index (κ1) is 12.2. The average molecular weight is 222 g/mol. The SMILES string of the molecule is Cc1cc(CC(=O)O)cc(C)c1CC(=O)O. The van der Waals surface area contributed by atoms with Crippen LogP contribution >= 0.6 is 0 Å². The maximum Gasteiger partial charge on any atom is 0.307 e. The molecule has 0 bridgehead atoms. The maximum atomic E-state index is 10.6. The predicted molar refractivity (Wildman–Crippen MR) is 58.6 cm³/mol. The van der Waals surface area contributed by atoms with Gasteiger partial charge in [0.1, 0.15) is 0 Å². The van der Waals surface area contributed by atoms with Crippen molar-refractivity contribution in [2.75, 3.05) is 0 Å². The van der Waals surface area contributed by atoms with Crippen LogP contribution in [0, 0.1) is 13.8 Å².